The van der Waals surface area contributed by atoms with Crippen LogP contribution in [0.25, 0.3) is 0 Å². The highest BCUT2D eigenvalue weighted by molar-refractivity contribution is 7.91. The summed E-state index contributed by atoms with van der Waals surface area (Å²) in [6, 6.07) is 3.31. The summed E-state index contributed by atoms with van der Waals surface area (Å²) in [6.45, 7) is 3.04. The summed E-state index contributed by atoms with van der Waals surface area (Å²) in [4.78, 5) is 18.1. The lowest BCUT2D eigenvalue weighted by Gasteiger charge is -2.28. The second kappa shape index (κ2) is 7.58. The Hall–Kier alpha value is -1.63. The van der Waals surface area contributed by atoms with Crippen molar-refractivity contribution in [1.82, 2.24) is 15.2 Å². The molecule has 0 saturated carbocycles. The van der Waals surface area contributed by atoms with Crippen molar-refractivity contribution in [3.05, 3.63) is 30.1 Å². The van der Waals surface area contributed by atoms with Gasteiger partial charge in [0.05, 0.1) is 11.5 Å². The molecule has 22 heavy (non-hydrogen) atoms. The van der Waals surface area contributed by atoms with E-state index in [1.54, 1.807) is 17.3 Å². The van der Waals surface area contributed by atoms with E-state index in [1.807, 2.05) is 12.1 Å². The van der Waals surface area contributed by atoms with E-state index in [9.17, 15) is 13.2 Å². The Morgan fingerprint density at radius 2 is 2.32 bits per heavy atom. The molecule has 0 aromatic carbocycles. The number of urea groups is 1. The molecule has 1 atom stereocenters. The van der Waals surface area contributed by atoms with Crippen LogP contribution in [0.4, 0.5) is 4.79 Å². The largest absolute Gasteiger partial charge is 0.334 e. The molecule has 2 heterocycles. The molecule has 0 bridgehead atoms. The van der Waals surface area contributed by atoms with Crippen LogP contribution >= 0.6 is 0 Å². The van der Waals surface area contributed by atoms with E-state index in [0.717, 1.165) is 18.4 Å². The third-order valence-electron chi connectivity index (χ3n) is 3.83. The van der Waals surface area contributed by atoms with Gasteiger partial charge in [-0.2, -0.15) is 0 Å². The number of carbonyl (C=O) groups excluding carboxylic acids is 1. The molecule has 1 aromatic heterocycles. The van der Waals surface area contributed by atoms with Crippen LogP contribution < -0.4 is 5.32 Å². The predicted molar refractivity (Wildman–Crippen MR) is 85.1 cm³/mol. The predicted octanol–water partition coefficient (Wildman–Crippen LogP) is 1.58. The van der Waals surface area contributed by atoms with Crippen LogP contribution in [0.3, 0.4) is 0 Å². The topological polar surface area (TPSA) is 79.4 Å². The average molecular weight is 325 g/mol. The number of rotatable bonds is 6. The molecule has 1 aromatic rings. The van der Waals surface area contributed by atoms with E-state index in [0.29, 0.717) is 19.5 Å². The van der Waals surface area contributed by atoms with Crippen molar-refractivity contribution >= 4 is 15.9 Å². The van der Waals surface area contributed by atoms with Crippen LogP contribution in [0.5, 0.6) is 0 Å². The number of hydrogen-bond donors (Lipinski definition) is 1. The third kappa shape index (κ3) is 4.69. The molecule has 0 spiro atoms. The van der Waals surface area contributed by atoms with Gasteiger partial charge in [-0.25, -0.2) is 13.2 Å². The third-order valence-corrected chi connectivity index (χ3v) is 5.58. The quantitative estimate of drug-likeness (QED) is 0.861. The fourth-order valence-electron chi connectivity index (χ4n) is 2.58. The molecule has 2 rings (SSSR count). The van der Waals surface area contributed by atoms with Gasteiger partial charge in [-0.3, -0.25) is 4.98 Å². The van der Waals surface area contributed by atoms with Crippen molar-refractivity contribution in [2.75, 3.05) is 18.1 Å². The summed E-state index contributed by atoms with van der Waals surface area (Å²) in [5, 5.41) is 2.86. The van der Waals surface area contributed by atoms with Gasteiger partial charge in [0, 0.05) is 31.5 Å². The molecule has 1 saturated heterocycles. The zero-order chi connectivity index (χ0) is 16.0. The highest BCUT2D eigenvalue weighted by atomic mass is 32.2. The van der Waals surface area contributed by atoms with Crippen LogP contribution in [-0.4, -0.2) is 48.4 Å². The first-order chi connectivity index (χ1) is 10.5. The Morgan fingerprint density at radius 3 is 2.91 bits per heavy atom. The molecule has 0 unspecified atom stereocenters. The zero-order valence-corrected chi connectivity index (χ0v) is 13.7. The van der Waals surface area contributed by atoms with Crippen molar-refractivity contribution in [3.63, 3.8) is 0 Å². The highest BCUT2D eigenvalue weighted by Crippen LogP contribution is 2.18. The molecule has 1 aliphatic heterocycles. The zero-order valence-electron chi connectivity index (χ0n) is 12.9. The lowest BCUT2D eigenvalue weighted by molar-refractivity contribution is 0.178. The summed E-state index contributed by atoms with van der Waals surface area (Å²) < 4.78 is 23.3. The molecule has 7 heteroatoms. The summed E-state index contributed by atoms with van der Waals surface area (Å²) in [7, 11) is -3.00. The minimum Gasteiger partial charge on any atom is -0.334 e. The van der Waals surface area contributed by atoms with Crippen molar-refractivity contribution in [2.24, 2.45) is 0 Å². The molecule has 0 aliphatic carbocycles. The SMILES string of the molecule is CCCCN(C(=O)NCc1cccnc1)[C@H]1CCS(=O)(=O)C1. The molecule has 1 aliphatic rings. The van der Waals surface area contributed by atoms with Crippen molar-refractivity contribution < 1.29 is 13.2 Å². The van der Waals surface area contributed by atoms with Gasteiger partial charge < -0.3 is 10.2 Å². The normalized spacial score (nSPS) is 19.8. The van der Waals surface area contributed by atoms with Gasteiger partial charge in [0.1, 0.15) is 0 Å². The van der Waals surface area contributed by atoms with Crippen molar-refractivity contribution in [3.8, 4) is 0 Å². The summed E-state index contributed by atoms with van der Waals surface area (Å²) in [6.07, 6.45) is 5.76. The first-order valence-corrected chi connectivity index (χ1v) is 9.48. The Balaban J connectivity index is 1.97. The van der Waals surface area contributed by atoms with Gasteiger partial charge >= 0.3 is 6.03 Å². The molecule has 1 fully saturated rings. The number of nitrogens with zero attached hydrogens (tertiary/aromatic N) is 2. The monoisotopic (exact) mass is 325 g/mol. The first-order valence-electron chi connectivity index (χ1n) is 7.65. The summed E-state index contributed by atoms with van der Waals surface area (Å²) in [5.41, 5.74) is 0.922. The van der Waals surface area contributed by atoms with Crippen LogP contribution in [-0.2, 0) is 16.4 Å². The minimum atomic E-state index is -3.00. The number of unbranched alkanes of at least 4 members (excludes halogenated alkanes) is 1. The maximum atomic E-state index is 12.4. The number of hydrogen-bond acceptors (Lipinski definition) is 4. The fourth-order valence-corrected chi connectivity index (χ4v) is 4.31. The molecule has 2 amide bonds. The Labute approximate surface area is 131 Å². The second-order valence-corrected chi connectivity index (χ2v) is 7.85. The molecular weight excluding hydrogens is 302 g/mol. The summed E-state index contributed by atoms with van der Waals surface area (Å²) >= 11 is 0. The standard InChI is InChI=1S/C15H23N3O3S/c1-2-3-8-18(14-6-9-22(20,21)12-14)15(19)17-11-13-5-4-7-16-10-13/h4-5,7,10,14H,2-3,6,8-9,11-12H2,1H3,(H,17,19)/t14-/m0/s1. The van der Waals surface area contributed by atoms with Gasteiger partial charge in [0.25, 0.3) is 0 Å². The molecule has 0 radical (unpaired) electrons. The van der Waals surface area contributed by atoms with E-state index in [4.69, 9.17) is 0 Å². The Kier molecular flexibility index (Phi) is 5.76. The van der Waals surface area contributed by atoms with E-state index >= 15 is 0 Å². The average Bonchev–Trinajstić information content (AvgIpc) is 2.86. The number of nitrogens with one attached hydrogen (secondary N) is 1. The van der Waals surface area contributed by atoms with Crippen LogP contribution in [0.1, 0.15) is 31.7 Å². The van der Waals surface area contributed by atoms with Crippen LogP contribution in [0, 0.1) is 0 Å². The van der Waals surface area contributed by atoms with Crippen molar-refractivity contribution in [1.29, 1.82) is 0 Å². The minimum absolute atomic E-state index is 0.0804. The van der Waals surface area contributed by atoms with Gasteiger partial charge in [-0.05, 0) is 24.5 Å². The number of carbonyl (C=O) groups is 1. The van der Waals surface area contributed by atoms with Gasteiger partial charge in [-0.15, -0.1) is 0 Å². The van der Waals surface area contributed by atoms with Crippen LogP contribution in [0.2, 0.25) is 0 Å². The summed E-state index contributed by atoms with van der Waals surface area (Å²) in [5.74, 6) is 0.257. The highest BCUT2D eigenvalue weighted by Gasteiger charge is 2.34. The van der Waals surface area contributed by atoms with Gasteiger partial charge in [0.2, 0.25) is 0 Å². The molecule has 1 N–H and O–H groups in total. The smallest absolute Gasteiger partial charge is 0.317 e. The number of amides is 2. The molecule has 6 nitrogen and oxygen atoms in total. The fraction of sp³-hybridized carbons (Fsp3) is 0.600. The van der Waals surface area contributed by atoms with E-state index in [2.05, 4.69) is 17.2 Å². The van der Waals surface area contributed by atoms with E-state index in [-0.39, 0.29) is 23.6 Å². The maximum Gasteiger partial charge on any atom is 0.317 e. The second-order valence-electron chi connectivity index (χ2n) is 5.62. The lowest BCUT2D eigenvalue weighted by Crippen LogP contribution is -2.47. The van der Waals surface area contributed by atoms with Crippen LogP contribution in [0.15, 0.2) is 24.5 Å². The number of aromatic nitrogens is 1. The number of pyridine rings is 1. The van der Waals surface area contributed by atoms with Crippen molar-refractivity contribution in [2.45, 2.75) is 38.8 Å². The Morgan fingerprint density at radius 1 is 1.50 bits per heavy atom. The van der Waals surface area contributed by atoms with E-state index in [1.165, 1.54) is 0 Å². The lowest BCUT2D eigenvalue weighted by atomic mass is 10.2. The van der Waals surface area contributed by atoms with E-state index < -0.39 is 9.84 Å². The maximum absolute atomic E-state index is 12.4. The first kappa shape index (κ1) is 16.7. The van der Waals surface area contributed by atoms with Gasteiger partial charge in [0.15, 0.2) is 9.84 Å². The Bertz CT molecular complexity index is 589. The molecule has 122 valence electrons. The van der Waals surface area contributed by atoms with Gasteiger partial charge in [-0.1, -0.05) is 19.4 Å². The molecular formula is C15H23N3O3S. The number of sulfone groups is 1.